The van der Waals surface area contributed by atoms with Gasteiger partial charge in [-0.2, -0.15) is 0 Å². The van der Waals surface area contributed by atoms with Gasteiger partial charge in [-0.15, -0.1) is 0 Å². The Kier molecular flexibility index (Phi) is 4.56. The third-order valence-electron chi connectivity index (χ3n) is 0.799. The topological polar surface area (TPSA) is 46.5 Å². The predicted octanol–water partition coefficient (Wildman–Crippen LogP) is 1.34. The molecule has 0 amide bonds. The fourth-order valence-corrected chi connectivity index (χ4v) is 0.378. The number of carboxylic acids is 1. The van der Waals surface area contributed by atoms with Crippen LogP contribution >= 0.6 is 0 Å². The summed E-state index contributed by atoms with van der Waals surface area (Å²) in [6, 6.07) is 0. The quantitative estimate of drug-likeness (QED) is 0.480. The number of rotatable bonds is 5. The van der Waals surface area contributed by atoms with Gasteiger partial charge in [-0.25, -0.2) is 4.79 Å². The fourth-order valence-electron chi connectivity index (χ4n) is 0.378. The molecule has 0 aromatic carbocycles. The molecule has 0 spiro atoms. The molecule has 0 aromatic heterocycles. The zero-order valence-electron chi connectivity index (χ0n) is 6.12. The zero-order chi connectivity index (χ0) is 8.69. The van der Waals surface area contributed by atoms with Crippen molar-refractivity contribution in [2.75, 3.05) is 6.61 Å². The van der Waals surface area contributed by atoms with Crippen LogP contribution in [0, 0.1) is 0 Å². The minimum Gasteiger partial charge on any atom is -0.483 e. The number of hydrogen-bond acceptors (Lipinski definition) is 2. The largest absolute Gasteiger partial charge is 0.483 e. The van der Waals surface area contributed by atoms with Gasteiger partial charge in [0.05, 0.1) is 0 Å². The monoisotopic (exact) mass is 154 g/mol. The summed E-state index contributed by atoms with van der Waals surface area (Å²) >= 11 is 0. The second kappa shape index (κ2) is 5.29. The van der Waals surface area contributed by atoms with Gasteiger partial charge in [0.1, 0.15) is 5.76 Å². The second-order valence-corrected chi connectivity index (χ2v) is 1.74. The van der Waals surface area contributed by atoms with E-state index in [-0.39, 0.29) is 6.61 Å². The summed E-state index contributed by atoms with van der Waals surface area (Å²) < 4.78 is 4.68. The lowest BCUT2D eigenvalue weighted by molar-refractivity contribution is -0.140. The van der Waals surface area contributed by atoms with Gasteiger partial charge < -0.3 is 9.84 Å². The Hall–Kier alpha value is -1.51. The standard InChI is InChI=1S/C8H10O3/c1-3-4-5-7(2)11-6-8(9)10/h3-5H,1-2,6H2,(H,9,10)/b5-4-. The van der Waals surface area contributed by atoms with E-state index < -0.39 is 5.97 Å². The van der Waals surface area contributed by atoms with Crippen LogP contribution in [0.4, 0.5) is 0 Å². The number of hydrogen-bond donors (Lipinski definition) is 1. The summed E-state index contributed by atoms with van der Waals surface area (Å²) in [6.45, 7) is 6.51. The number of carbonyl (C=O) groups is 1. The van der Waals surface area contributed by atoms with E-state index in [2.05, 4.69) is 17.9 Å². The molecule has 11 heavy (non-hydrogen) atoms. The molecule has 0 fully saturated rings. The summed E-state index contributed by atoms with van der Waals surface area (Å²) in [5, 5.41) is 8.18. The van der Waals surface area contributed by atoms with Crippen LogP contribution in [0.2, 0.25) is 0 Å². The molecule has 0 heterocycles. The number of allylic oxidation sites excluding steroid dienone is 3. The Morgan fingerprint density at radius 1 is 1.64 bits per heavy atom. The highest BCUT2D eigenvalue weighted by atomic mass is 16.5. The summed E-state index contributed by atoms with van der Waals surface area (Å²) in [5.74, 6) is -0.703. The molecule has 0 bridgehead atoms. The van der Waals surface area contributed by atoms with Crippen molar-refractivity contribution in [2.45, 2.75) is 0 Å². The highest BCUT2D eigenvalue weighted by Crippen LogP contribution is 1.94. The van der Waals surface area contributed by atoms with Crippen molar-refractivity contribution in [3.05, 3.63) is 37.1 Å². The van der Waals surface area contributed by atoms with Crippen LogP contribution in [0.25, 0.3) is 0 Å². The molecule has 0 atom stereocenters. The second-order valence-electron chi connectivity index (χ2n) is 1.74. The van der Waals surface area contributed by atoms with Crippen molar-refractivity contribution < 1.29 is 14.6 Å². The third kappa shape index (κ3) is 6.37. The smallest absolute Gasteiger partial charge is 0.341 e. The molecule has 0 radical (unpaired) electrons. The average Bonchev–Trinajstić information content (AvgIpc) is 1.97. The first-order valence-electron chi connectivity index (χ1n) is 2.99. The van der Waals surface area contributed by atoms with E-state index in [1.807, 2.05) is 0 Å². The lowest BCUT2D eigenvalue weighted by Gasteiger charge is -1.99. The molecule has 0 rings (SSSR count). The maximum atomic E-state index is 9.97. The molecule has 3 heteroatoms. The number of carboxylic acid groups (broad SMARTS) is 1. The lowest BCUT2D eigenvalue weighted by Crippen LogP contribution is -2.05. The molecule has 0 saturated heterocycles. The SMILES string of the molecule is C=C/C=C\C(=C)OCC(=O)O. The zero-order valence-corrected chi connectivity index (χ0v) is 6.12. The van der Waals surface area contributed by atoms with Crippen molar-refractivity contribution in [3.8, 4) is 0 Å². The van der Waals surface area contributed by atoms with Crippen molar-refractivity contribution in [2.24, 2.45) is 0 Å². The molecule has 0 saturated carbocycles. The number of ether oxygens (including phenoxy) is 1. The lowest BCUT2D eigenvalue weighted by atomic mass is 10.4. The molecule has 1 N–H and O–H groups in total. The molecule has 0 unspecified atom stereocenters. The molecule has 60 valence electrons. The predicted molar refractivity (Wildman–Crippen MR) is 42.1 cm³/mol. The minimum atomic E-state index is -1.02. The van der Waals surface area contributed by atoms with Gasteiger partial charge in [-0.1, -0.05) is 25.3 Å². The van der Waals surface area contributed by atoms with Gasteiger partial charge >= 0.3 is 5.97 Å². The summed E-state index contributed by atoms with van der Waals surface area (Å²) in [4.78, 5) is 9.97. The maximum Gasteiger partial charge on any atom is 0.341 e. The molecular formula is C8H10O3. The van der Waals surface area contributed by atoms with Gasteiger partial charge in [0.15, 0.2) is 6.61 Å². The van der Waals surface area contributed by atoms with Gasteiger partial charge in [0, 0.05) is 0 Å². The molecule has 0 aliphatic carbocycles. The first-order valence-corrected chi connectivity index (χ1v) is 2.99. The molecule has 0 aliphatic rings. The van der Waals surface area contributed by atoms with E-state index in [1.54, 1.807) is 12.2 Å². The highest BCUT2D eigenvalue weighted by Gasteiger charge is 1.95. The molecule has 0 aliphatic heterocycles. The van der Waals surface area contributed by atoms with Crippen LogP contribution in [-0.2, 0) is 9.53 Å². The molecule has 0 aromatic rings. The summed E-state index contributed by atoms with van der Waals surface area (Å²) in [5.41, 5.74) is 0. The van der Waals surface area contributed by atoms with Crippen molar-refractivity contribution in [1.82, 2.24) is 0 Å². The summed E-state index contributed by atoms with van der Waals surface area (Å²) in [7, 11) is 0. The number of aliphatic carboxylic acids is 1. The van der Waals surface area contributed by atoms with Crippen LogP contribution < -0.4 is 0 Å². The fraction of sp³-hybridized carbons (Fsp3) is 0.125. The van der Waals surface area contributed by atoms with Crippen molar-refractivity contribution in [3.63, 3.8) is 0 Å². The van der Waals surface area contributed by atoms with Gasteiger partial charge in [-0.3, -0.25) is 0 Å². The molecular weight excluding hydrogens is 144 g/mol. The van der Waals surface area contributed by atoms with Gasteiger partial charge in [-0.05, 0) is 6.08 Å². The normalized spacial score (nSPS) is 9.45. The van der Waals surface area contributed by atoms with Crippen molar-refractivity contribution in [1.29, 1.82) is 0 Å². The van der Waals surface area contributed by atoms with Crippen LogP contribution in [0.3, 0.4) is 0 Å². The summed E-state index contributed by atoms with van der Waals surface area (Å²) in [6.07, 6.45) is 4.70. The Labute approximate surface area is 65.3 Å². The van der Waals surface area contributed by atoms with E-state index in [9.17, 15) is 4.79 Å². The van der Waals surface area contributed by atoms with Gasteiger partial charge in [0.2, 0.25) is 0 Å². The Bertz CT molecular complexity index is 192. The van der Waals surface area contributed by atoms with E-state index in [1.165, 1.54) is 6.08 Å². The van der Waals surface area contributed by atoms with Crippen molar-refractivity contribution >= 4 is 5.97 Å². The van der Waals surface area contributed by atoms with Crippen LogP contribution in [0.15, 0.2) is 37.1 Å². The van der Waals surface area contributed by atoms with E-state index in [0.29, 0.717) is 5.76 Å². The average molecular weight is 154 g/mol. The van der Waals surface area contributed by atoms with E-state index >= 15 is 0 Å². The first kappa shape index (κ1) is 9.49. The van der Waals surface area contributed by atoms with Crippen LogP contribution in [0.5, 0.6) is 0 Å². The van der Waals surface area contributed by atoms with Crippen LogP contribution in [-0.4, -0.2) is 17.7 Å². The van der Waals surface area contributed by atoms with Gasteiger partial charge in [0.25, 0.3) is 0 Å². The van der Waals surface area contributed by atoms with Crippen LogP contribution in [0.1, 0.15) is 0 Å². The Balaban J connectivity index is 3.61. The maximum absolute atomic E-state index is 9.97. The first-order chi connectivity index (χ1) is 5.16. The minimum absolute atomic E-state index is 0.312. The van der Waals surface area contributed by atoms with E-state index in [4.69, 9.17) is 5.11 Å². The Morgan fingerprint density at radius 3 is 2.73 bits per heavy atom. The molecule has 3 nitrogen and oxygen atoms in total. The highest BCUT2D eigenvalue weighted by molar-refractivity contribution is 5.68. The Morgan fingerprint density at radius 2 is 2.27 bits per heavy atom. The third-order valence-corrected chi connectivity index (χ3v) is 0.799. The van der Waals surface area contributed by atoms with E-state index in [0.717, 1.165) is 0 Å².